The van der Waals surface area contributed by atoms with Gasteiger partial charge in [0.05, 0.1) is 0 Å². The van der Waals surface area contributed by atoms with Gasteiger partial charge in [-0.2, -0.15) is 0 Å². The second-order valence-corrected chi connectivity index (χ2v) is 6.69. The quantitative estimate of drug-likeness (QED) is 0.764. The van der Waals surface area contributed by atoms with Crippen LogP contribution < -0.4 is 0 Å². The fourth-order valence-electron chi connectivity index (χ4n) is 2.65. The zero-order valence-corrected chi connectivity index (χ0v) is 13.2. The van der Waals surface area contributed by atoms with Gasteiger partial charge in [-0.15, -0.1) is 0 Å². The summed E-state index contributed by atoms with van der Waals surface area (Å²) in [5, 5.41) is 2.46. The molecule has 1 amide bonds. The number of carbonyl (C=O) groups excluding carboxylic acids is 1. The van der Waals surface area contributed by atoms with Gasteiger partial charge in [-0.25, -0.2) is 4.79 Å². The molecule has 0 aromatic heterocycles. The Balaban J connectivity index is 1.74. The predicted molar refractivity (Wildman–Crippen MR) is 88.8 cm³/mol. The van der Waals surface area contributed by atoms with Gasteiger partial charge < -0.3 is 4.74 Å². The van der Waals surface area contributed by atoms with Crippen molar-refractivity contribution in [2.75, 3.05) is 6.54 Å². The standard InChI is InChI=1S/C19H21NO2/c1-19(2,3)22-18(21)20-11-10-17(13-20)16-9-8-14-6-4-5-7-15(14)12-16/h4-12,17H,13H2,1-3H3. The van der Waals surface area contributed by atoms with Crippen LogP contribution in [0.2, 0.25) is 0 Å². The van der Waals surface area contributed by atoms with Gasteiger partial charge in [0.2, 0.25) is 0 Å². The largest absolute Gasteiger partial charge is 0.443 e. The van der Waals surface area contributed by atoms with E-state index in [0.717, 1.165) is 0 Å². The first-order valence-electron chi connectivity index (χ1n) is 7.59. The van der Waals surface area contributed by atoms with Crippen LogP contribution in [0.5, 0.6) is 0 Å². The fourth-order valence-corrected chi connectivity index (χ4v) is 2.65. The van der Waals surface area contributed by atoms with Gasteiger partial charge >= 0.3 is 6.09 Å². The highest BCUT2D eigenvalue weighted by Crippen LogP contribution is 2.28. The summed E-state index contributed by atoms with van der Waals surface area (Å²) in [6, 6.07) is 14.8. The molecule has 1 heterocycles. The molecular formula is C19H21NO2. The highest BCUT2D eigenvalue weighted by Gasteiger charge is 2.26. The van der Waals surface area contributed by atoms with Crippen molar-refractivity contribution in [1.82, 2.24) is 4.90 Å². The average Bonchev–Trinajstić information content (AvgIpc) is 2.95. The number of benzene rings is 2. The lowest BCUT2D eigenvalue weighted by molar-refractivity contribution is 0.0345. The minimum atomic E-state index is -0.466. The summed E-state index contributed by atoms with van der Waals surface area (Å²) in [7, 11) is 0. The first-order valence-corrected chi connectivity index (χ1v) is 7.59. The maximum Gasteiger partial charge on any atom is 0.414 e. The van der Waals surface area contributed by atoms with Gasteiger partial charge in [-0.05, 0) is 37.1 Å². The van der Waals surface area contributed by atoms with Crippen LogP contribution in [-0.2, 0) is 4.74 Å². The van der Waals surface area contributed by atoms with E-state index < -0.39 is 5.60 Å². The predicted octanol–water partition coefficient (Wildman–Crippen LogP) is 4.69. The average molecular weight is 295 g/mol. The minimum absolute atomic E-state index is 0.220. The van der Waals surface area contributed by atoms with Crippen LogP contribution in [0, 0.1) is 0 Å². The first kappa shape index (κ1) is 14.6. The lowest BCUT2D eigenvalue weighted by Gasteiger charge is -2.24. The molecule has 0 bridgehead atoms. The van der Waals surface area contributed by atoms with Crippen molar-refractivity contribution in [3.8, 4) is 0 Å². The second kappa shape index (κ2) is 5.48. The lowest BCUT2D eigenvalue weighted by Crippen LogP contribution is -2.33. The third kappa shape index (κ3) is 3.14. The Morgan fingerprint density at radius 2 is 1.86 bits per heavy atom. The van der Waals surface area contributed by atoms with Crippen LogP contribution >= 0.6 is 0 Å². The maximum atomic E-state index is 12.1. The van der Waals surface area contributed by atoms with E-state index in [1.807, 2.05) is 39.1 Å². The van der Waals surface area contributed by atoms with Crippen LogP contribution in [0.15, 0.2) is 54.7 Å². The Morgan fingerprint density at radius 3 is 2.59 bits per heavy atom. The number of nitrogens with zero attached hydrogens (tertiary/aromatic N) is 1. The topological polar surface area (TPSA) is 29.5 Å². The molecule has 2 aromatic rings. The normalized spacial score (nSPS) is 18.0. The van der Waals surface area contributed by atoms with Gasteiger partial charge in [0, 0.05) is 18.7 Å². The smallest absolute Gasteiger partial charge is 0.414 e. The Morgan fingerprint density at radius 1 is 1.14 bits per heavy atom. The molecule has 0 aliphatic carbocycles. The molecule has 114 valence electrons. The van der Waals surface area contributed by atoms with Gasteiger partial charge in [0.15, 0.2) is 0 Å². The minimum Gasteiger partial charge on any atom is -0.443 e. The van der Waals surface area contributed by atoms with Crippen molar-refractivity contribution in [2.24, 2.45) is 0 Å². The van der Waals surface area contributed by atoms with Crippen molar-refractivity contribution in [1.29, 1.82) is 0 Å². The molecule has 3 rings (SSSR count). The van der Waals surface area contributed by atoms with E-state index in [9.17, 15) is 4.79 Å². The molecule has 1 aliphatic heterocycles. The first-order chi connectivity index (χ1) is 10.4. The molecule has 0 N–H and O–H groups in total. The van der Waals surface area contributed by atoms with E-state index in [2.05, 4.69) is 36.4 Å². The number of fused-ring (bicyclic) bond motifs is 1. The molecule has 1 aliphatic rings. The Kier molecular flexibility index (Phi) is 3.65. The molecule has 2 aromatic carbocycles. The van der Waals surface area contributed by atoms with Crippen LogP contribution in [0.1, 0.15) is 32.3 Å². The number of amides is 1. The highest BCUT2D eigenvalue weighted by molar-refractivity contribution is 5.83. The third-order valence-corrected chi connectivity index (χ3v) is 3.72. The Hall–Kier alpha value is -2.29. The Bertz CT molecular complexity index is 728. The summed E-state index contributed by atoms with van der Waals surface area (Å²) in [5.74, 6) is 0.220. The number of carbonyl (C=O) groups is 1. The SMILES string of the molecule is CC(C)(C)OC(=O)N1C=CC(c2ccc3ccccc3c2)C1. The van der Waals surface area contributed by atoms with E-state index in [-0.39, 0.29) is 12.0 Å². The molecule has 0 fully saturated rings. The van der Waals surface area contributed by atoms with Crippen LogP contribution in [-0.4, -0.2) is 23.1 Å². The third-order valence-electron chi connectivity index (χ3n) is 3.72. The van der Waals surface area contributed by atoms with Gasteiger partial charge in [-0.1, -0.05) is 48.5 Å². The van der Waals surface area contributed by atoms with E-state index in [1.165, 1.54) is 16.3 Å². The summed E-state index contributed by atoms with van der Waals surface area (Å²) in [5.41, 5.74) is 0.757. The maximum absolute atomic E-state index is 12.1. The zero-order valence-electron chi connectivity index (χ0n) is 13.2. The monoisotopic (exact) mass is 295 g/mol. The second-order valence-electron chi connectivity index (χ2n) is 6.69. The number of rotatable bonds is 1. The molecule has 3 heteroatoms. The molecule has 0 radical (unpaired) electrons. The van der Waals surface area contributed by atoms with E-state index >= 15 is 0 Å². The summed E-state index contributed by atoms with van der Waals surface area (Å²) in [6.07, 6.45) is 3.61. The molecule has 3 nitrogen and oxygen atoms in total. The van der Waals surface area contributed by atoms with Gasteiger partial charge in [-0.3, -0.25) is 4.90 Å². The van der Waals surface area contributed by atoms with Gasteiger partial charge in [0.1, 0.15) is 5.60 Å². The van der Waals surface area contributed by atoms with Gasteiger partial charge in [0.25, 0.3) is 0 Å². The van der Waals surface area contributed by atoms with Crippen LogP contribution in [0.4, 0.5) is 4.79 Å². The molecular weight excluding hydrogens is 274 g/mol. The van der Waals surface area contributed by atoms with Crippen molar-refractivity contribution >= 4 is 16.9 Å². The molecule has 1 unspecified atom stereocenters. The van der Waals surface area contributed by atoms with E-state index in [0.29, 0.717) is 6.54 Å². The number of ether oxygens (including phenoxy) is 1. The summed E-state index contributed by atoms with van der Waals surface area (Å²) >= 11 is 0. The molecule has 0 saturated heterocycles. The lowest BCUT2D eigenvalue weighted by atomic mass is 9.97. The molecule has 22 heavy (non-hydrogen) atoms. The Labute approximate surface area is 131 Å². The molecule has 0 spiro atoms. The van der Waals surface area contributed by atoms with Crippen LogP contribution in [0.25, 0.3) is 10.8 Å². The summed E-state index contributed by atoms with van der Waals surface area (Å²) in [4.78, 5) is 13.7. The highest BCUT2D eigenvalue weighted by atomic mass is 16.6. The molecule has 0 saturated carbocycles. The van der Waals surface area contributed by atoms with Crippen molar-refractivity contribution < 1.29 is 9.53 Å². The number of hydrogen-bond donors (Lipinski definition) is 0. The molecule has 1 atom stereocenters. The fraction of sp³-hybridized carbons (Fsp3) is 0.316. The van der Waals surface area contributed by atoms with Crippen molar-refractivity contribution in [3.05, 3.63) is 60.3 Å². The zero-order chi connectivity index (χ0) is 15.7. The van der Waals surface area contributed by atoms with E-state index in [4.69, 9.17) is 4.74 Å². The van der Waals surface area contributed by atoms with Crippen LogP contribution in [0.3, 0.4) is 0 Å². The summed E-state index contributed by atoms with van der Waals surface area (Å²) < 4.78 is 5.41. The van der Waals surface area contributed by atoms with E-state index in [1.54, 1.807) is 4.90 Å². The van der Waals surface area contributed by atoms with Crippen molar-refractivity contribution in [3.63, 3.8) is 0 Å². The van der Waals surface area contributed by atoms with Crippen molar-refractivity contribution in [2.45, 2.75) is 32.3 Å². The summed E-state index contributed by atoms with van der Waals surface area (Å²) in [6.45, 7) is 6.27. The number of hydrogen-bond acceptors (Lipinski definition) is 2.